The summed E-state index contributed by atoms with van der Waals surface area (Å²) in [5.41, 5.74) is 1.91. The summed E-state index contributed by atoms with van der Waals surface area (Å²) in [5, 5.41) is 8.78. The summed E-state index contributed by atoms with van der Waals surface area (Å²) in [6.45, 7) is 4.11. The van der Waals surface area contributed by atoms with E-state index in [0.717, 1.165) is 37.3 Å². The number of carbonyl (C=O) groups is 2. The zero-order valence-corrected chi connectivity index (χ0v) is 17.3. The molecule has 1 fully saturated rings. The zero-order valence-electron chi connectivity index (χ0n) is 17.3. The molecule has 3 N–H and O–H groups in total. The molecular formula is C23H29N3O4. The molecule has 1 atom stereocenters. The van der Waals surface area contributed by atoms with Crippen molar-refractivity contribution in [2.24, 2.45) is 0 Å². The number of rotatable bonds is 10. The van der Waals surface area contributed by atoms with Crippen molar-refractivity contribution in [3.05, 3.63) is 54.1 Å². The first-order valence-corrected chi connectivity index (χ1v) is 10.4. The first-order valence-electron chi connectivity index (χ1n) is 10.4. The van der Waals surface area contributed by atoms with Crippen LogP contribution in [0, 0.1) is 0 Å². The fourth-order valence-electron chi connectivity index (χ4n) is 3.13. The zero-order chi connectivity index (χ0) is 21.2. The Balaban J connectivity index is 1.45. The Morgan fingerprint density at radius 3 is 2.70 bits per heavy atom. The number of benzene rings is 2. The van der Waals surface area contributed by atoms with Crippen molar-refractivity contribution >= 4 is 23.2 Å². The molecule has 7 nitrogen and oxygen atoms in total. The molecule has 0 saturated carbocycles. The molecule has 2 aromatic carbocycles. The van der Waals surface area contributed by atoms with Crippen LogP contribution in [0.4, 0.5) is 11.4 Å². The van der Waals surface area contributed by atoms with Gasteiger partial charge in [0, 0.05) is 30.1 Å². The van der Waals surface area contributed by atoms with E-state index in [0.29, 0.717) is 24.4 Å². The lowest BCUT2D eigenvalue weighted by Crippen LogP contribution is -2.31. The third-order valence-electron chi connectivity index (χ3n) is 4.70. The molecule has 30 heavy (non-hydrogen) atoms. The number of ether oxygens (including phenoxy) is 2. The lowest BCUT2D eigenvalue weighted by Gasteiger charge is -2.12. The van der Waals surface area contributed by atoms with E-state index < -0.39 is 0 Å². The summed E-state index contributed by atoms with van der Waals surface area (Å²) in [7, 11) is 0. The average molecular weight is 412 g/mol. The highest BCUT2D eigenvalue weighted by atomic mass is 16.5. The fraction of sp³-hybridized carbons (Fsp3) is 0.391. The van der Waals surface area contributed by atoms with Gasteiger partial charge < -0.3 is 25.4 Å². The highest BCUT2D eigenvalue weighted by Crippen LogP contribution is 2.16. The number of anilines is 2. The maximum atomic E-state index is 12.3. The van der Waals surface area contributed by atoms with Crippen LogP contribution in [0.3, 0.4) is 0 Å². The first kappa shape index (κ1) is 21.6. The van der Waals surface area contributed by atoms with E-state index in [1.54, 1.807) is 24.3 Å². The molecule has 3 rings (SSSR count). The van der Waals surface area contributed by atoms with Crippen molar-refractivity contribution < 1.29 is 19.1 Å². The van der Waals surface area contributed by atoms with Crippen LogP contribution in [-0.2, 0) is 9.53 Å². The molecule has 1 unspecified atom stereocenters. The summed E-state index contributed by atoms with van der Waals surface area (Å²) in [6.07, 6.45) is 3.05. The van der Waals surface area contributed by atoms with E-state index in [2.05, 4.69) is 22.9 Å². The molecule has 1 saturated heterocycles. The second kappa shape index (κ2) is 11.2. The maximum absolute atomic E-state index is 12.3. The van der Waals surface area contributed by atoms with Gasteiger partial charge in [0.25, 0.3) is 5.91 Å². The van der Waals surface area contributed by atoms with Gasteiger partial charge in [0.05, 0.1) is 19.3 Å². The van der Waals surface area contributed by atoms with Crippen molar-refractivity contribution in [2.45, 2.75) is 32.3 Å². The summed E-state index contributed by atoms with van der Waals surface area (Å²) in [5.74, 6) is 0.435. The molecule has 1 heterocycles. The van der Waals surface area contributed by atoms with Crippen LogP contribution in [0.25, 0.3) is 0 Å². The van der Waals surface area contributed by atoms with Crippen molar-refractivity contribution in [1.29, 1.82) is 0 Å². The molecule has 0 spiro atoms. The Morgan fingerprint density at radius 2 is 1.97 bits per heavy atom. The van der Waals surface area contributed by atoms with Crippen LogP contribution < -0.4 is 20.7 Å². The molecule has 2 amide bonds. The highest BCUT2D eigenvalue weighted by molar-refractivity contribution is 5.98. The Morgan fingerprint density at radius 1 is 1.13 bits per heavy atom. The molecular weight excluding hydrogens is 382 g/mol. The average Bonchev–Trinajstić information content (AvgIpc) is 3.29. The minimum atomic E-state index is -0.196. The molecule has 0 radical (unpaired) electrons. The normalized spacial score (nSPS) is 15.4. The Labute approximate surface area is 177 Å². The van der Waals surface area contributed by atoms with Crippen LogP contribution in [0.1, 0.15) is 36.5 Å². The van der Waals surface area contributed by atoms with Crippen LogP contribution >= 0.6 is 0 Å². The minimum Gasteiger partial charge on any atom is -0.494 e. The van der Waals surface area contributed by atoms with Crippen molar-refractivity contribution in [1.82, 2.24) is 5.32 Å². The molecule has 1 aliphatic rings. The predicted octanol–water partition coefficient (Wildman–Crippen LogP) is 3.43. The van der Waals surface area contributed by atoms with Gasteiger partial charge >= 0.3 is 0 Å². The molecule has 160 valence electrons. The lowest BCUT2D eigenvalue weighted by molar-refractivity contribution is -0.114. The fourth-order valence-corrected chi connectivity index (χ4v) is 3.13. The van der Waals surface area contributed by atoms with Gasteiger partial charge in [0.1, 0.15) is 5.75 Å². The molecule has 0 aliphatic carbocycles. The van der Waals surface area contributed by atoms with Gasteiger partial charge in [0.2, 0.25) is 5.91 Å². The van der Waals surface area contributed by atoms with E-state index in [9.17, 15) is 9.59 Å². The second-order valence-corrected chi connectivity index (χ2v) is 7.20. The van der Waals surface area contributed by atoms with Crippen LogP contribution in [0.15, 0.2) is 48.5 Å². The van der Waals surface area contributed by atoms with Gasteiger partial charge in [-0.05, 0) is 61.7 Å². The smallest absolute Gasteiger partial charge is 0.251 e. The maximum Gasteiger partial charge on any atom is 0.251 e. The summed E-state index contributed by atoms with van der Waals surface area (Å²) in [6, 6.07) is 14.4. The Kier molecular flexibility index (Phi) is 8.09. The number of nitrogens with one attached hydrogen (secondary N) is 3. The molecule has 7 heteroatoms. The number of carbonyl (C=O) groups excluding carboxylic acids is 2. The van der Waals surface area contributed by atoms with Crippen LogP contribution in [-0.4, -0.2) is 44.2 Å². The third-order valence-corrected chi connectivity index (χ3v) is 4.70. The molecule has 0 bridgehead atoms. The van der Waals surface area contributed by atoms with E-state index in [1.807, 2.05) is 24.3 Å². The van der Waals surface area contributed by atoms with Crippen LogP contribution in [0.5, 0.6) is 5.75 Å². The monoisotopic (exact) mass is 411 g/mol. The highest BCUT2D eigenvalue weighted by Gasteiger charge is 2.16. The van der Waals surface area contributed by atoms with Gasteiger partial charge in [-0.2, -0.15) is 0 Å². The molecule has 2 aromatic rings. The van der Waals surface area contributed by atoms with Gasteiger partial charge in [0.15, 0.2) is 0 Å². The lowest BCUT2D eigenvalue weighted by atomic mass is 10.1. The minimum absolute atomic E-state index is 0.0928. The largest absolute Gasteiger partial charge is 0.494 e. The number of hydrogen-bond donors (Lipinski definition) is 3. The Hall–Kier alpha value is -3.06. The predicted molar refractivity (Wildman–Crippen MR) is 117 cm³/mol. The van der Waals surface area contributed by atoms with E-state index >= 15 is 0 Å². The van der Waals surface area contributed by atoms with Crippen molar-refractivity contribution in [2.75, 3.05) is 36.9 Å². The van der Waals surface area contributed by atoms with E-state index in [-0.39, 0.29) is 24.5 Å². The van der Waals surface area contributed by atoms with E-state index in [4.69, 9.17) is 9.47 Å². The van der Waals surface area contributed by atoms with Gasteiger partial charge in [-0.15, -0.1) is 0 Å². The Bertz CT molecular complexity index is 833. The van der Waals surface area contributed by atoms with Gasteiger partial charge in [-0.25, -0.2) is 0 Å². The summed E-state index contributed by atoms with van der Waals surface area (Å²) in [4.78, 5) is 24.6. The van der Waals surface area contributed by atoms with Crippen LogP contribution in [0.2, 0.25) is 0 Å². The second-order valence-electron chi connectivity index (χ2n) is 7.20. The molecule has 0 aromatic heterocycles. The number of hydrogen-bond acceptors (Lipinski definition) is 5. The standard InChI is InChI=1S/C23H29N3O4/c1-2-12-29-20-10-8-18(9-11-20)24-16-22(27)26-19-6-3-5-17(14-19)23(28)25-15-21-7-4-13-30-21/h3,5-6,8-11,14,21,24H,2,4,7,12-13,15-16H2,1H3,(H,25,28)(H,26,27). The van der Waals surface area contributed by atoms with Crippen molar-refractivity contribution in [3.63, 3.8) is 0 Å². The van der Waals surface area contributed by atoms with E-state index in [1.165, 1.54) is 0 Å². The van der Waals surface area contributed by atoms with Crippen molar-refractivity contribution in [3.8, 4) is 5.75 Å². The number of amides is 2. The first-order chi connectivity index (χ1) is 14.6. The molecule has 1 aliphatic heterocycles. The third kappa shape index (κ3) is 6.77. The quantitative estimate of drug-likeness (QED) is 0.557. The summed E-state index contributed by atoms with van der Waals surface area (Å²) < 4.78 is 11.1. The van der Waals surface area contributed by atoms with Gasteiger partial charge in [-0.3, -0.25) is 9.59 Å². The SMILES string of the molecule is CCCOc1ccc(NCC(=O)Nc2cccc(C(=O)NCC3CCCO3)c2)cc1. The topological polar surface area (TPSA) is 88.7 Å². The van der Waals surface area contributed by atoms with Gasteiger partial charge in [-0.1, -0.05) is 13.0 Å². The summed E-state index contributed by atoms with van der Waals surface area (Å²) >= 11 is 0.